The van der Waals surface area contributed by atoms with Crippen LogP contribution < -0.4 is 16.4 Å². The number of hydrogen-bond donors (Lipinski definition) is 3. The van der Waals surface area contributed by atoms with Gasteiger partial charge in [0.25, 0.3) is 17.6 Å². The van der Waals surface area contributed by atoms with Crippen LogP contribution in [0.4, 0.5) is 18.9 Å². The molecule has 4 N–H and O–H groups in total. The molecule has 2 amide bonds. The highest BCUT2D eigenvalue weighted by molar-refractivity contribution is 7.80. The van der Waals surface area contributed by atoms with Gasteiger partial charge in [0, 0.05) is 12.6 Å². The van der Waals surface area contributed by atoms with Crippen molar-refractivity contribution in [2.24, 2.45) is 5.73 Å². The Morgan fingerprint density at radius 3 is 2.46 bits per heavy atom. The molecule has 202 valence electrons. The number of anilines is 1. The molecule has 0 aliphatic heterocycles. The first kappa shape index (κ1) is 27.7. The molecule has 0 atom stereocenters. The van der Waals surface area contributed by atoms with Gasteiger partial charge in [-0.25, -0.2) is 4.68 Å². The van der Waals surface area contributed by atoms with E-state index in [1.807, 2.05) is 0 Å². The average Bonchev–Trinajstić information content (AvgIpc) is 3.52. The van der Waals surface area contributed by atoms with Crippen molar-refractivity contribution < 1.29 is 22.8 Å². The number of nitrogens with one attached hydrogen (secondary N) is 2. The molecule has 0 aliphatic carbocycles. The maximum atomic E-state index is 13.6. The van der Waals surface area contributed by atoms with E-state index in [0.717, 1.165) is 0 Å². The number of aromatic nitrogens is 6. The molecule has 0 spiro atoms. The van der Waals surface area contributed by atoms with Crippen LogP contribution in [0.2, 0.25) is 5.02 Å². The third kappa shape index (κ3) is 5.88. The predicted octanol–water partition coefficient (Wildman–Crippen LogP) is 3.13. The van der Waals surface area contributed by atoms with Crippen LogP contribution in [0, 0.1) is 6.92 Å². The Bertz CT molecular complexity index is 1600. The summed E-state index contributed by atoms with van der Waals surface area (Å²) < 4.78 is 39.9. The van der Waals surface area contributed by atoms with Gasteiger partial charge in [0.2, 0.25) is 0 Å². The quantitative estimate of drug-likeness (QED) is 0.284. The number of tetrazole rings is 1. The lowest BCUT2D eigenvalue weighted by Gasteiger charge is -2.16. The Labute approximate surface area is 229 Å². The molecule has 16 heteroatoms. The van der Waals surface area contributed by atoms with Crippen LogP contribution in [0.5, 0.6) is 0 Å². The highest BCUT2D eigenvalue weighted by atomic mass is 35.5. The summed E-state index contributed by atoms with van der Waals surface area (Å²) in [6.07, 6.45) is -4.77. The molecule has 0 unspecified atom stereocenters. The number of carbonyl (C=O) groups is 2. The fourth-order valence-electron chi connectivity index (χ4n) is 3.63. The Morgan fingerprint density at radius 2 is 1.85 bits per heavy atom. The molecule has 11 nitrogen and oxygen atoms in total. The van der Waals surface area contributed by atoms with Gasteiger partial charge in [-0.05, 0) is 48.0 Å². The molecule has 0 fully saturated rings. The smallest absolute Gasteiger partial charge is 0.389 e. The Balaban J connectivity index is 1.76. The summed E-state index contributed by atoms with van der Waals surface area (Å²) in [5.41, 5.74) is 7.41. The maximum absolute atomic E-state index is 13.6. The topological polar surface area (TPSA) is 146 Å². The molecule has 0 radical (unpaired) electrons. The Kier molecular flexibility index (Phi) is 7.65. The van der Waals surface area contributed by atoms with E-state index in [9.17, 15) is 22.8 Å². The van der Waals surface area contributed by atoms with Gasteiger partial charge in [-0.2, -0.15) is 23.1 Å². The van der Waals surface area contributed by atoms with E-state index in [1.165, 1.54) is 23.9 Å². The molecule has 0 saturated carbocycles. The van der Waals surface area contributed by atoms with E-state index >= 15 is 0 Å². The molecule has 4 aromatic rings. The summed E-state index contributed by atoms with van der Waals surface area (Å²) in [4.78, 5) is 26.9. The van der Waals surface area contributed by atoms with Crippen molar-refractivity contribution in [2.75, 3.05) is 12.4 Å². The molecular weight excluding hydrogens is 559 g/mol. The van der Waals surface area contributed by atoms with Crippen LogP contribution in [-0.2, 0) is 12.7 Å². The van der Waals surface area contributed by atoms with Crippen molar-refractivity contribution in [3.05, 3.63) is 81.4 Å². The lowest BCUT2D eigenvalue weighted by atomic mass is 10.0. The van der Waals surface area contributed by atoms with Crippen LogP contribution in [0.15, 0.2) is 42.5 Å². The zero-order valence-electron chi connectivity index (χ0n) is 20.2. The maximum Gasteiger partial charge on any atom is 0.455 e. The van der Waals surface area contributed by atoms with Gasteiger partial charge >= 0.3 is 6.18 Å². The zero-order valence-corrected chi connectivity index (χ0v) is 21.8. The second-order valence-corrected chi connectivity index (χ2v) is 8.99. The van der Waals surface area contributed by atoms with Gasteiger partial charge in [-0.15, -0.1) is 10.2 Å². The van der Waals surface area contributed by atoms with Gasteiger partial charge in [0.15, 0.2) is 0 Å². The number of carbonyl (C=O) groups excluding carboxylic acids is 2. The van der Waals surface area contributed by atoms with Crippen LogP contribution in [0.25, 0.3) is 5.69 Å². The highest BCUT2D eigenvalue weighted by Crippen LogP contribution is 2.27. The van der Waals surface area contributed by atoms with Crippen LogP contribution in [0.3, 0.4) is 0 Å². The van der Waals surface area contributed by atoms with Gasteiger partial charge in [-0.3, -0.25) is 9.59 Å². The average molecular weight is 578 g/mol. The second-order valence-electron chi connectivity index (χ2n) is 8.14. The molecule has 2 aromatic heterocycles. The largest absolute Gasteiger partial charge is 0.455 e. The fourth-order valence-corrected chi connectivity index (χ4v) is 3.97. The Hall–Kier alpha value is -4.37. The first-order valence-electron chi connectivity index (χ1n) is 11.1. The van der Waals surface area contributed by atoms with Crippen LogP contribution in [0.1, 0.15) is 43.5 Å². The SMILES string of the molecule is CNC(=O)c1cc(C(N)=S)cc(C)c1NC(=O)c1cc(Cn2nnc(C(F)(F)F)n2)nn1-c1ccccc1Cl. The van der Waals surface area contributed by atoms with Gasteiger partial charge in [0.1, 0.15) is 17.2 Å². The summed E-state index contributed by atoms with van der Waals surface area (Å²) in [6, 6.07) is 10.9. The number of para-hydroxylation sites is 1. The van der Waals surface area contributed by atoms with E-state index in [-0.39, 0.29) is 39.2 Å². The normalized spacial score (nSPS) is 11.3. The predicted molar refractivity (Wildman–Crippen MR) is 139 cm³/mol. The number of amides is 2. The summed E-state index contributed by atoms with van der Waals surface area (Å²) in [5.74, 6) is -2.60. The number of thiocarbonyl (C=S) groups is 1. The molecule has 2 aromatic carbocycles. The van der Waals surface area contributed by atoms with Crippen LogP contribution >= 0.6 is 23.8 Å². The lowest BCUT2D eigenvalue weighted by molar-refractivity contribution is -0.145. The summed E-state index contributed by atoms with van der Waals surface area (Å²) in [7, 11) is 1.43. The van der Waals surface area contributed by atoms with Crippen molar-refractivity contribution >= 4 is 46.3 Å². The minimum absolute atomic E-state index is 0.0325. The van der Waals surface area contributed by atoms with Crippen molar-refractivity contribution in [3.8, 4) is 5.69 Å². The number of nitrogens with zero attached hydrogens (tertiary/aromatic N) is 6. The van der Waals surface area contributed by atoms with Crippen LogP contribution in [-0.4, -0.2) is 53.8 Å². The third-order valence-corrected chi connectivity index (χ3v) is 5.97. The molecule has 39 heavy (non-hydrogen) atoms. The number of rotatable bonds is 7. The first-order valence-corrected chi connectivity index (χ1v) is 11.8. The third-order valence-electron chi connectivity index (χ3n) is 5.41. The molecule has 0 aliphatic rings. The van der Waals surface area contributed by atoms with Crippen molar-refractivity contribution in [1.82, 2.24) is 35.3 Å². The zero-order chi connectivity index (χ0) is 28.5. The van der Waals surface area contributed by atoms with E-state index < -0.39 is 23.8 Å². The van der Waals surface area contributed by atoms with Gasteiger partial charge in [0.05, 0.1) is 27.7 Å². The lowest BCUT2D eigenvalue weighted by Crippen LogP contribution is -2.24. The molecule has 0 bridgehead atoms. The number of halogens is 4. The number of hydrogen-bond acceptors (Lipinski definition) is 7. The standard InChI is InChI=1S/C23H19ClF3N9O2S/c1-11-7-12(19(28)39)8-14(20(37)29-2)18(11)30-21(38)17-9-13(10-35-33-22(31-34-35)23(25,26)27)32-36(17)16-6-4-3-5-15(16)24/h3-9H,10H2,1-2H3,(H2,28,39)(H,29,37)(H,30,38). The number of alkyl halides is 3. The minimum atomic E-state index is -4.77. The second kappa shape index (κ2) is 10.8. The summed E-state index contributed by atoms with van der Waals surface area (Å²) >= 11 is 11.4. The van der Waals surface area contributed by atoms with E-state index in [1.54, 1.807) is 37.3 Å². The Morgan fingerprint density at radius 1 is 1.13 bits per heavy atom. The van der Waals surface area contributed by atoms with E-state index in [2.05, 4.69) is 31.1 Å². The molecule has 2 heterocycles. The number of aryl methyl sites for hydroxylation is 1. The number of nitrogens with two attached hydrogens (primary N) is 1. The van der Waals surface area contributed by atoms with E-state index in [0.29, 0.717) is 21.6 Å². The van der Waals surface area contributed by atoms with Gasteiger partial charge < -0.3 is 16.4 Å². The van der Waals surface area contributed by atoms with Gasteiger partial charge in [-0.1, -0.05) is 36.0 Å². The van der Waals surface area contributed by atoms with Crippen molar-refractivity contribution in [2.45, 2.75) is 19.6 Å². The van der Waals surface area contributed by atoms with Crippen molar-refractivity contribution in [3.63, 3.8) is 0 Å². The first-order chi connectivity index (χ1) is 18.4. The summed E-state index contributed by atoms with van der Waals surface area (Å²) in [5, 5.41) is 19.6. The molecular formula is C23H19ClF3N9O2S. The number of benzene rings is 2. The highest BCUT2D eigenvalue weighted by Gasteiger charge is 2.37. The molecule has 0 saturated heterocycles. The summed E-state index contributed by atoms with van der Waals surface area (Å²) in [6.45, 7) is 1.33. The monoisotopic (exact) mass is 577 g/mol. The van der Waals surface area contributed by atoms with E-state index in [4.69, 9.17) is 29.6 Å². The minimum Gasteiger partial charge on any atom is -0.389 e. The van der Waals surface area contributed by atoms with Crippen molar-refractivity contribution in [1.29, 1.82) is 0 Å². The molecule has 4 rings (SSSR count). The fraction of sp³-hybridized carbons (Fsp3) is 0.174.